The van der Waals surface area contributed by atoms with E-state index in [9.17, 15) is 14.9 Å². The van der Waals surface area contributed by atoms with E-state index in [0.717, 1.165) is 5.56 Å². The number of carbonyl (C=O) groups excluding carboxylic acids is 1. The Labute approximate surface area is 207 Å². The molecule has 11 heteroatoms. The summed E-state index contributed by atoms with van der Waals surface area (Å²) < 4.78 is 16.2. The fourth-order valence-electron chi connectivity index (χ4n) is 4.14. The van der Waals surface area contributed by atoms with Gasteiger partial charge in [0.1, 0.15) is 5.76 Å². The van der Waals surface area contributed by atoms with Gasteiger partial charge in [-0.1, -0.05) is 47.6 Å². The predicted octanol–water partition coefficient (Wildman–Crippen LogP) is 3.50. The van der Waals surface area contributed by atoms with Crippen molar-refractivity contribution in [2.24, 2.45) is 5.73 Å². The highest BCUT2D eigenvalue weighted by Crippen LogP contribution is 2.44. The molecule has 1 atom stereocenters. The summed E-state index contributed by atoms with van der Waals surface area (Å²) >= 11 is 0. The number of hydrogen-bond acceptors (Lipinski definition) is 10. The third kappa shape index (κ3) is 5.10. The Balaban J connectivity index is 1.70. The largest absolute Gasteiger partial charge is 0.466 e. The summed E-state index contributed by atoms with van der Waals surface area (Å²) in [7, 11) is 3.16. The average Bonchev–Trinajstić information content (AvgIpc) is 3.31. The van der Waals surface area contributed by atoms with Crippen LogP contribution in [0.15, 0.2) is 76.3 Å². The number of rotatable bonds is 8. The zero-order valence-corrected chi connectivity index (χ0v) is 20.0. The van der Waals surface area contributed by atoms with Crippen molar-refractivity contribution in [2.45, 2.75) is 25.9 Å². The lowest BCUT2D eigenvalue weighted by atomic mass is 9.82. The molecule has 0 bridgehead atoms. The molecule has 0 saturated carbocycles. The standard InChI is InChI=1S/C25H25N5O6/c1-15-20(25(31)34-3)21(17-10-7-11-18(12-17)30(32)33)22(23(26)35-15)24-27-19(28-36-24)14-29(2)13-16-8-5-4-6-9-16/h4-12,21H,13-14,26H2,1-3H3. The maximum absolute atomic E-state index is 12.8. The maximum Gasteiger partial charge on any atom is 0.338 e. The minimum atomic E-state index is -0.888. The molecule has 0 saturated heterocycles. The SMILES string of the molecule is COC(=O)C1=C(C)OC(N)=C(c2nc(CN(C)Cc3ccccc3)no2)C1c1cccc([N+](=O)[O-])c1. The zero-order valence-electron chi connectivity index (χ0n) is 20.0. The molecule has 1 aromatic heterocycles. The van der Waals surface area contributed by atoms with Crippen LogP contribution in [0.2, 0.25) is 0 Å². The van der Waals surface area contributed by atoms with Crippen LogP contribution < -0.4 is 5.73 Å². The Kier molecular flexibility index (Phi) is 7.11. The van der Waals surface area contributed by atoms with Gasteiger partial charge in [-0.2, -0.15) is 4.98 Å². The monoisotopic (exact) mass is 491 g/mol. The van der Waals surface area contributed by atoms with Crippen LogP contribution in [0.5, 0.6) is 0 Å². The van der Waals surface area contributed by atoms with E-state index in [0.29, 0.717) is 24.5 Å². The number of non-ortho nitro benzene ring substituents is 1. The number of methoxy groups -OCH3 is 1. The van der Waals surface area contributed by atoms with Crippen LogP contribution in [0.1, 0.15) is 35.7 Å². The van der Waals surface area contributed by atoms with E-state index in [1.54, 1.807) is 13.0 Å². The van der Waals surface area contributed by atoms with Crippen molar-refractivity contribution in [1.82, 2.24) is 15.0 Å². The highest BCUT2D eigenvalue weighted by atomic mass is 16.6. The van der Waals surface area contributed by atoms with Gasteiger partial charge < -0.3 is 19.7 Å². The number of nitrogens with two attached hydrogens (primary N) is 1. The van der Waals surface area contributed by atoms with Gasteiger partial charge in [0.05, 0.1) is 35.6 Å². The summed E-state index contributed by atoms with van der Waals surface area (Å²) in [6, 6.07) is 15.8. The summed E-state index contributed by atoms with van der Waals surface area (Å²) in [5.74, 6) is -0.960. The smallest absolute Gasteiger partial charge is 0.338 e. The molecule has 0 radical (unpaired) electrons. The van der Waals surface area contributed by atoms with Crippen molar-refractivity contribution >= 4 is 17.2 Å². The van der Waals surface area contributed by atoms with Gasteiger partial charge in [-0.15, -0.1) is 0 Å². The topological polar surface area (TPSA) is 147 Å². The molecule has 2 N–H and O–H groups in total. The fraction of sp³-hybridized carbons (Fsp3) is 0.240. The number of aromatic nitrogens is 2. The van der Waals surface area contributed by atoms with Crippen LogP contribution in [0.25, 0.3) is 5.57 Å². The van der Waals surface area contributed by atoms with E-state index >= 15 is 0 Å². The summed E-state index contributed by atoms with van der Waals surface area (Å²) in [4.78, 5) is 30.2. The number of ether oxygens (including phenoxy) is 2. The first-order valence-electron chi connectivity index (χ1n) is 11.0. The quantitative estimate of drug-likeness (QED) is 0.282. The van der Waals surface area contributed by atoms with Gasteiger partial charge in [-0.25, -0.2) is 4.79 Å². The lowest BCUT2D eigenvalue weighted by molar-refractivity contribution is -0.384. The molecule has 3 aromatic rings. The summed E-state index contributed by atoms with van der Waals surface area (Å²) in [6.07, 6.45) is 0. The number of carbonyl (C=O) groups is 1. The molecule has 1 unspecified atom stereocenters. The molecule has 4 rings (SSSR count). The summed E-state index contributed by atoms with van der Waals surface area (Å²) in [5.41, 5.74) is 8.00. The number of esters is 1. The van der Waals surface area contributed by atoms with Crippen LogP contribution in [0.4, 0.5) is 5.69 Å². The van der Waals surface area contributed by atoms with Crippen molar-refractivity contribution in [3.05, 3.63) is 105 Å². The molecule has 2 aromatic carbocycles. The van der Waals surface area contributed by atoms with Crippen LogP contribution in [0, 0.1) is 10.1 Å². The van der Waals surface area contributed by atoms with Crippen molar-refractivity contribution < 1.29 is 23.7 Å². The Morgan fingerprint density at radius 1 is 1.19 bits per heavy atom. The maximum atomic E-state index is 12.8. The summed E-state index contributed by atoms with van der Waals surface area (Å²) in [5, 5.41) is 15.5. The highest BCUT2D eigenvalue weighted by Gasteiger charge is 2.39. The molecule has 186 valence electrons. The Morgan fingerprint density at radius 2 is 1.94 bits per heavy atom. The lowest BCUT2D eigenvalue weighted by Gasteiger charge is -2.27. The molecule has 0 aliphatic carbocycles. The molecular weight excluding hydrogens is 466 g/mol. The highest BCUT2D eigenvalue weighted by molar-refractivity contribution is 5.96. The third-order valence-electron chi connectivity index (χ3n) is 5.71. The number of benzene rings is 2. The number of nitro groups is 1. The minimum Gasteiger partial charge on any atom is -0.466 e. The van der Waals surface area contributed by atoms with Gasteiger partial charge in [-0.3, -0.25) is 15.0 Å². The number of hydrogen-bond donors (Lipinski definition) is 1. The number of allylic oxidation sites excluding steroid dienone is 2. The first kappa shape index (κ1) is 24.6. The van der Waals surface area contributed by atoms with E-state index in [2.05, 4.69) is 10.1 Å². The second-order valence-corrected chi connectivity index (χ2v) is 8.30. The molecule has 0 fully saturated rings. The molecule has 11 nitrogen and oxygen atoms in total. The molecule has 2 heterocycles. The second-order valence-electron chi connectivity index (χ2n) is 8.30. The molecule has 1 aliphatic rings. The summed E-state index contributed by atoms with van der Waals surface area (Å²) in [6.45, 7) is 2.62. The van der Waals surface area contributed by atoms with E-state index < -0.39 is 16.8 Å². The van der Waals surface area contributed by atoms with Crippen molar-refractivity contribution in [3.63, 3.8) is 0 Å². The Morgan fingerprint density at radius 3 is 2.64 bits per heavy atom. The average molecular weight is 492 g/mol. The second kappa shape index (κ2) is 10.4. The molecule has 0 amide bonds. The van der Waals surface area contributed by atoms with E-state index in [1.165, 1.54) is 25.3 Å². The van der Waals surface area contributed by atoms with Gasteiger partial charge in [0.25, 0.3) is 11.6 Å². The Bertz CT molecular complexity index is 1350. The third-order valence-corrected chi connectivity index (χ3v) is 5.71. The molecular formula is C25H25N5O6. The van der Waals surface area contributed by atoms with E-state index in [1.807, 2.05) is 42.3 Å². The van der Waals surface area contributed by atoms with Crippen molar-refractivity contribution in [3.8, 4) is 0 Å². The number of nitrogens with zero attached hydrogens (tertiary/aromatic N) is 4. The van der Waals surface area contributed by atoms with Crippen LogP contribution in [-0.4, -0.2) is 40.1 Å². The van der Waals surface area contributed by atoms with Gasteiger partial charge in [0.15, 0.2) is 11.7 Å². The number of nitro benzene ring substituents is 1. The minimum absolute atomic E-state index is 0.0426. The zero-order chi connectivity index (χ0) is 25.8. The van der Waals surface area contributed by atoms with Crippen LogP contribution in [-0.2, 0) is 27.4 Å². The Hall–Kier alpha value is -4.51. The first-order chi connectivity index (χ1) is 17.3. The first-order valence-corrected chi connectivity index (χ1v) is 11.0. The van der Waals surface area contributed by atoms with Crippen LogP contribution >= 0.6 is 0 Å². The van der Waals surface area contributed by atoms with Crippen LogP contribution in [0.3, 0.4) is 0 Å². The predicted molar refractivity (Wildman–Crippen MR) is 129 cm³/mol. The van der Waals surface area contributed by atoms with Gasteiger partial charge >= 0.3 is 5.97 Å². The molecule has 36 heavy (non-hydrogen) atoms. The van der Waals surface area contributed by atoms with Gasteiger partial charge in [-0.05, 0) is 25.1 Å². The van der Waals surface area contributed by atoms with Crippen molar-refractivity contribution in [1.29, 1.82) is 0 Å². The van der Waals surface area contributed by atoms with Gasteiger partial charge in [0.2, 0.25) is 0 Å². The van der Waals surface area contributed by atoms with Gasteiger partial charge in [0, 0.05) is 18.7 Å². The fourth-order valence-corrected chi connectivity index (χ4v) is 4.14. The van der Waals surface area contributed by atoms with Crippen molar-refractivity contribution in [2.75, 3.05) is 14.2 Å². The van der Waals surface area contributed by atoms with E-state index in [-0.39, 0.29) is 34.4 Å². The normalized spacial score (nSPS) is 15.7. The molecule has 0 spiro atoms. The lowest BCUT2D eigenvalue weighted by Crippen LogP contribution is -2.25. The molecule has 1 aliphatic heterocycles. The van der Waals surface area contributed by atoms with E-state index in [4.69, 9.17) is 19.7 Å².